The molecule has 0 bridgehead atoms. The molecule has 1 atom stereocenters. The van der Waals surface area contributed by atoms with E-state index in [2.05, 4.69) is 33.8 Å². The van der Waals surface area contributed by atoms with Crippen molar-refractivity contribution in [3.63, 3.8) is 0 Å². The van der Waals surface area contributed by atoms with E-state index in [1.165, 1.54) is 16.7 Å². The number of nitrogens with one attached hydrogen (secondary N) is 2. The molecule has 2 N–H and O–H groups in total. The number of benzene rings is 2. The van der Waals surface area contributed by atoms with Crippen LogP contribution in [0.15, 0.2) is 53.5 Å². The topological polar surface area (TPSA) is 66.0 Å². The number of hydrogen-bond donors (Lipinski definition) is 2. The van der Waals surface area contributed by atoms with Gasteiger partial charge in [0.15, 0.2) is 5.96 Å². The van der Waals surface area contributed by atoms with E-state index in [0.29, 0.717) is 26.1 Å². The molecule has 0 saturated carbocycles. The summed E-state index contributed by atoms with van der Waals surface area (Å²) < 4.78 is 5.99. The highest BCUT2D eigenvalue weighted by Gasteiger charge is 2.23. The first-order valence-electron chi connectivity index (χ1n) is 10.3. The third-order valence-electron chi connectivity index (χ3n) is 5.53. The van der Waals surface area contributed by atoms with Gasteiger partial charge in [-0.3, -0.25) is 9.79 Å². The maximum atomic E-state index is 12.0. The average Bonchev–Trinajstić information content (AvgIpc) is 3.35. The van der Waals surface area contributed by atoms with Gasteiger partial charge in [-0.15, -0.1) is 24.0 Å². The lowest BCUT2D eigenvalue weighted by Crippen LogP contribution is -2.42. The number of fused-ring (bicyclic) bond motifs is 1. The van der Waals surface area contributed by atoms with Crippen LogP contribution in [0.3, 0.4) is 0 Å². The molecule has 30 heavy (non-hydrogen) atoms. The zero-order valence-corrected chi connectivity index (χ0v) is 19.6. The average molecular weight is 520 g/mol. The quantitative estimate of drug-likeness (QED) is 0.349. The van der Waals surface area contributed by atoms with Crippen molar-refractivity contribution in [2.45, 2.75) is 38.5 Å². The summed E-state index contributed by atoms with van der Waals surface area (Å²) in [6, 6.07) is 16.5. The molecule has 1 fully saturated rings. The predicted octanol–water partition coefficient (Wildman–Crippen LogP) is 3.10. The molecule has 2 heterocycles. The van der Waals surface area contributed by atoms with E-state index < -0.39 is 0 Å². The van der Waals surface area contributed by atoms with Gasteiger partial charge in [0.1, 0.15) is 11.9 Å². The number of hydrogen-bond acceptors (Lipinski definition) is 3. The zero-order valence-electron chi connectivity index (χ0n) is 17.3. The molecule has 0 aliphatic carbocycles. The number of carbonyl (C=O) groups is 1. The number of rotatable bonds is 6. The van der Waals surface area contributed by atoms with Crippen molar-refractivity contribution in [3.05, 3.63) is 65.2 Å². The van der Waals surface area contributed by atoms with E-state index in [4.69, 9.17) is 4.74 Å². The molecule has 4 rings (SSSR count). The van der Waals surface area contributed by atoms with Crippen molar-refractivity contribution in [1.82, 2.24) is 15.5 Å². The number of aliphatic imine (C=N–C) groups is 1. The number of para-hydroxylation sites is 1. The molecule has 2 aliphatic heterocycles. The van der Waals surface area contributed by atoms with Crippen LogP contribution in [0, 0.1) is 0 Å². The van der Waals surface area contributed by atoms with Gasteiger partial charge in [0.05, 0.1) is 6.54 Å². The van der Waals surface area contributed by atoms with Crippen LogP contribution in [0.1, 0.15) is 29.5 Å². The maximum Gasteiger partial charge on any atom is 0.222 e. The normalized spacial score (nSPS) is 17.9. The van der Waals surface area contributed by atoms with E-state index in [-0.39, 0.29) is 36.0 Å². The highest BCUT2D eigenvalue weighted by atomic mass is 127. The minimum Gasteiger partial charge on any atom is -0.488 e. The fourth-order valence-corrected chi connectivity index (χ4v) is 3.94. The van der Waals surface area contributed by atoms with Gasteiger partial charge in [0.2, 0.25) is 5.91 Å². The van der Waals surface area contributed by atoms with Gasteiger partial charge in [-0.25, -0.2) is 0 Å². The monoisotopic (exact) mass is 520 g/mol. The van der Waals surface area contributed by atoms with Crippen LogP contribution in [-0.4, -0.2) is 43.0 Å². The van der Waals surface area contributed by atoms with Gasteiger partial charge in [0.25, 0.3) is 0 Å². The molecule has 0 spiro atoms. The lowest BCUT2D eigenvalue weighted by atomic mass is 10.1. The van der Waals surface area contributed by atoms with Crippen molar-refractivity contribution >= 4 is 35.8 Å². The first-order valence-corrected chi connectivity index (χ1v) is 10.3. The number of nitrogens with zero attached hydrogens (tertiary/aromatic N) is 2. The third-order valence-corrected chi connectivity index (χ3v) is 5.53. The summed E-state index contributed by atoms with van der Waals surface area (Å²) in [7, 11) is 1.77. The summed E-state index contributed by atoms with van der Waals surface area (Å²) in [4.78, 5) is 18.2. The Hall–Kier alpha value is -2.29. The Balaban J connectivity index is 0.00000256. The number of likely N-dealkylation sites (tertiary alicyclic amines) is 1. The highest BCUT2D eigenvalue weighted by Crippen LogP contribution is 2.27. The largest absolute Gasteiger partial charge is 0.488 e. The number of guanidine groups is 1. The molecule has 2 aliphatic rings. The molecular formula is C23H29IN4O2. The minimum absolute atomic E-state index is 0. The summed E-state index contributed by atoms with van der Waals surface area (Å²) in [6.07, 6.45) is 2.65. The maximum absolute atomic E-state index is 12.0. The second-order valence-corrected chi connectivity index (χ2v) is 7.55. The van der Waals surface area contributed by atoms with Crippen LogP contribution in [0.2, 0.25) is 0 Å². The minimum atomic E-state index is 0. The summed E-state index contributed by atoms with van der Waals surface area (Å²) in [5.74, 6) is 1.98. The number of carbonyl (C=O) groups excluding carboxylic acids is 1. The summed E-state index contributed by atoms with van der Waals surface area (Å²) >= 11 is 0. The van der Waals surface area contributed by atoms with Crippen LogP contribution in [0.25, 0.3) is 0 Å². The number of halogens is 1. The molecule has 1 unspecified atom stereocenters. The smallest absolute Gasteiger partial charge is 0.222 e. The van der Waals surface area contributed by atoms with Gasteiger partial charge in [-0.05, 0) is 29.2 Å². The molecule has 6 nitrogen and oxygen atoms in total. The second kappa shape index (κ2) is 10.7. The standard InChI is InChI=1S/C23H28N4O2.HI/c1-24-23(26-15-20-13-17-7-4-5-10-21(17)29-20)25-14-18-8-2-3-9-19(18)16-27-12-6-11-22(27)28;/h2-5,7-10,20H,6,11-16H2,1H3,(H2,24,25,26);1H. The molecule has 7 heteroatoms. The van der Waals surface area contributed by atoms with Gasteiger partial charge in [-0.2, -0.15) is 0 Å². The molecule has 2 aromatic carbocycles. The molecule has 2 aromatic rings. The number of amides is 1. The number of ether oxygens (including phenoxy) is 1. The summed E-state index contributed by atoms with van der Waals surface area (Å²) in [5, 5.41) is 6.75. The van der Waals surface area contributed by atoms with E-state index in [1.807, 2.05) is 35.2 Å². The van der Waals surface area contributed by atoms with Crippen LogP contribution in [0.5, 0.6) is 5.75 Å². The van der Waals surface area contributed by atoms with Crippen LogP contribution >= 0.6 is 24.0 Å². The lowest BCUT2D eigenvalue weighted by molar-refractivity contribution is -0.128. The van der Waals surface area contributed by atoms with Gasteiger partial charge in [-0.1, -0.05) is 42.5 Å². The predicted molar refractivity (Wildman–Crippen MR) is 129 cm³/mol. The Morgan fingerprint density at radius 2 is 1.90 bits per heavy atom. The fourth-order valence-electron chi connectivity index (χ4n) is 3.94. The SMILES string of the molecule is CN=C(NCc1ccccc1CN1CCCC1=O)NCC1Cc2ccccc2O1.I. The van der Waals surface area contributed by atoms with Crippen molar-refractivity contribution in [2.75, 3.05) is 20.1 Å². The molecular weight excluding hydrogens is 491 g/mol. The van der Waals surface area contributed by atoms with Crippen molar-refractivity contribution in [2.24, 2.45) is 4.99 Å². The van der Waals surface area contributed by atoms with Gasteiger partial charge >= 0.3 is 0 Å². The van der Waals surface area contributed by atoms with Gasteiger partial charge < -0.3 is 20.3 Å². The second-order valence-electron chi connectivity index (χ2n) is 7.55. The summed E-state index contributed by atoms with van der Waals surface area (Å²) in [6.45, 7) is 2.88. The van der Waals surface area contributed by atoms with Crippen LogP contribution < -0.4 is 15.4 Å². The first kappa shape index (κ1) is 22.4. The van der Waals surface area contributed by atoms with Crippen molar-refractivity contribution < 1.29 is 9.53 Å². The van der Waals surface area contributed by atoms with Gasteiger partial charge in [0, 0.05) is 39.5 Å². The van der Waals surface area contributed by atoms with E-state index >= 15 is 0 Å². The summed E-state index contributed by atoms with van der Waals surface area (Å²) in [5.41, 5.74) is 3.62. The Bertz CT molecular complexity index is 877. The fraction of sp³-hybridized carbons (Fsp3) is 0.391. The Labute approximate surface area is 195 Å². The third kappa shape index (κ3) is 5.44. The zero-order chi connectivity index (χ0) is 20.1. The molecule has 0 radical (unpaired) electrons. The Morgan fingerprint density at radius 3 is 2.63 bits per heavy atom. The lowest BCUT2D eigenvalue weighted by Gasteiger charge is -2.19. The van der Waals surface area contributed by atoms with Crippen molar-refractivity contribution in [3.8, 4) is 5.75 Å². The Kier molecular flexibility index (Phi) is 7.95. The Morgan fingerprint density at radius 1 is 1.13 bits per heavy atom. The van der Waals surface area contributed by atoms with Crippen LogP contribution in [0.4, 0.5) is 0 Å². The first-order chi connectivity index (χ1) is 14.2. The van der Waals surface area contributed by atoms with E-state index in [9.17, 15) is 4.79 Å². The van der Waals surface area contributed by atoms with E-state index in [1.54, 1.807) is 7.05 Å². The van der Waals surface area contributed by atoms with E-state index in [0.717, 1.165) is 31.1 Å². The molecule has 1 amide bonds. The molecule has 1 saturated heterocycles. The highest BCUT2D eigenvalue weighted by molar-refractivity contribution is 14.0. The van der Waals surface area contributed by atoms with Crippen LogP contribution in [-0.2, 0) is 24.3 Å². The van der Waals surface area contributed by atoms with Crippen molar-refractivity contribution in [1.29, 1.82) is 0 Å². The molecule has 160 valence electrons. The molecule has 0 aromatic heterocycles.